The van der Waals surface area contributed by atoms with E-state index in [1.54, 1.807) is 24.3 Å². The van der Waals surface area contributed by atoms with E-state index in [4.69, 9.17) is 9.94 Å². The second-order valence-corrected chi connectivity index (χ2v) is 8.28. The standard InChI is InChI=1S/C26H29FN4O5/c1-28-24(32)23(25(33)29-35)30(2)26(34)20-9-6-18(7-10-20)4-5-19-8-11-21(22(27)16-19)17-31-12-3-14-36-15-13-31/h6-11,16,23,35H,3,12-15,17H2,1-2H3,(H,28,32)(H,29,33). The molecule has 1 fully saturated rings. The molecule has 1 atom stereocenters. The molecule has 0 aliphatic carbocycles. The van der Waals surface area contributed by atoms with Crippen molar-refractivity contribution in [3.63, 3.8) is 0 Å². The quantitative estimate of drug-likeness (QED) is 0.239. The van der Waals surface area contributed by atoms with E-state index >= 15 is 0 Å². The van der Waals surface area contributed by atoms with Crippen LogP contribution in [0.25, 0.3) is 0 Å². The van der Waals surface area contributed by atoms with Crippen molar-refractivity contribution in [1.29, 1.82) is 0 Å². The molecule has 0 spiro atoms. The normalized spacial score (nSPS) is 14.6. The molecule has 1 aliphatic rings. The van der Waals surface area contributed by atoms with Crippen LogP contribution in [0.1, 0.15) is 33.5 Å². The van der Waals surface area contributed by atoms with Crippen LogP contribution in [0.2, 0.25) is 0 Å². The molecular weight excluding hydrogens is 467 g/mol. The van der Waals surface area contributed by atoms with Crippen LogP contribution in [0.5, 0.6) is 0 Å². The third-order valence-corrected chi connectivity index (χ3v) is 5.81. The molecule has 1 saturated heterocycles. The number of amides is 3. The maximum Gasteiger partial charge on any atom is 0.275 e. The molecule has 190 valence electrons. The summed E-state index contributed by atoms with van der Waals surface area (Å²) in [6.07, 6.45) is 0.929. The summed E-state index contributed by atoms with van der Waals surface area (Å²) in [5.74, 6) is 3.17. The minimum atomic E-state index is -1.54. The van der Waals surface area contributed by atoms with E-state index in [1.807, 2.05) is 0 Å². The van der Waals surface area contributed by atoms with Crippen molar-refractivity contribution in [2.45, 2.75) is 19.0 Å². The van der Waals surface area contributed by atoms with Gasteiger partial charge in [0.1, 0.15) is 5.82 Å². The van der Waals surface area contributed by atoms with E-state index in [9.17, 15) is 18.8 Å². The van der Waals surface area contributed by atoms with Gasteiger partial charge in [0, 0.05) is 62.6 Å². The van der Waals surface area contributed by atoms with Gasteiger partial charge in [-0.2, -0.15) is 0 Å². The number of carbonyl (C=O) groups is 3. The Morgan fingerprint density at radius 2 is 1.78 bits per heavy atom. The predicted octanol–water partition coefficient (Wildman–Crippen LogP) is 1.14. The van der Waals surface area contributed by atoms with Gasteiger partial charge in [0.05, 0.1) is 6.61 Å². The number of halogens is 1. The smallest absolute Gasteiger partial charge is 0.275 e. The first-order chi connectivity index (χ1) is 17.3. The van der Waals surface area contributed by atoms with Crippen molar-refractivity contribution < 1.29 is 28.7 Å². The maximum absolute atomic E-state index is 14.6. The largest absolute Gasteiger partial charge is 0.380 e. The van der Waals surface area contributed by atoms with Crippen molar-refractivity contribution >= 4 is 17.7 Å². The van der Waals surface area contributed by atoms with E-state index in [1.165, 1.54) is 37.8 Å². The zero-order chi connectivity index (χ0) is 26.1. The summed E-state index contributed by atoms with van der Waals surface area (Å²) in [5, 5.41) is 11.2. The third-order valence-electron chi connectivity index (χ3n) is 5.81. The van der Waals surface area contributed by atoms with Crippen molar-refractivity contribution in [1.82, 2.24) is 20.6 Å². The number of likely N-dealkylation sites (N-methyl/N-ethyl adjacent to an activating group) is 2. The van der Waals surface area contributed by atoms with Crippen LogP contribution in [0, 0.1) is 17.7 Å². The fourth-order valence-corrected chi connectivity index (χ4v) is 3.78. The number of hydrogen-bond acceptors (Lipinski definition) is 6. The van der Waals surface area contributed by atoms with Gasteiger partial charge in [0.15, 0.2) is 6.04 Å². The zero-order valence-electron chi connectivity index (χ0n) is 20.2. The molecule has 0 aromatic heterocycles. The van der Waals surface area contributed by atoms with Crippen LogP contribution in [0.3, 0.4) is 0 Å². The summed E-state index contributed by atoms with van der Waals surface area (Å²) in [6.45, 7) is 3.55. The molecule has 1 aliphatic heterocycles. The highest BCUT2D eigenvalue weighted by Gasteiger charge is 2.33. The van der Waals surface area contributed by atoms with E-state index in [2.05, 4.69) is 22.1 Å². The van der Waals surface area contributed by atoms with Crippen LogP contribution in [-0.2, 0) is 20.9 Å². The Balaban J connectivity index is 1.67. The minimum Gasteiger partial charge on any atom is -0.380 e. The highest BCUT2D eigenvalue weighted by Crippen LogP contribution is 2.14. The van der Waals surface area contributed by atoms with Gasteiger partial charge in [-0.15, -0.1) is 0 Å². The second kappa shape index (κ2) is 12.8. The third kappa shape index (κ3) is 6.88. The Hall–Kier alpha value is -3.78. The lowest BCUT2D eigenvalue weighted by Gasteiger charge is -2.25. The molecule has 3 rings (SSSR count). The molecule has 0 bridgehead atoms. The van der Waals surface area contributed by atoms with Crippen molar-refractivity contribution in [2.24, 2.45) is 0 Å². The van der Waals surface area contributed by atoms with Gasteiger partial charge in [-0.1, -0.05) is 17.9 Å². The lowest BCUT2D eigenvalue weighted by Crippen LogP contribution is -2.54. The Morgan fingerprint density at radius 3 is 2.44 bits per heavy atom. The number of rotatable bonds is 6. The molecule has 2 aromatic carbocycles. The molecule has 36 heavy (non-hydrogen) atoms. The van der Waals surface area contributed by atoms with Crippen LogP contribution >= 0.6 is 0 Å². The first-order valence-electron chi connectivity index (χ1n) is 11.5. The van der Waals surface area contributed by atoms with Gasteiger partial charge in [0.25, 0.3) is 17.7 Å². The Morgan fingerprint density at radius 1 is 1.08 bits per heavy atom. The average Bonchev–Trinajstić information content (AvgIpc) is 3.17. The zero-order valence-corrected chi connectivity index (χ0v) is 20.2. The number of nitrogens with zero attached hydrogens (tertiary/aromatic N) is 2. The van der Waals surface area contributed by atoms with Gasteiger partial charge in [-0.25, -0.2) is 9.87 Å². The fourth-order valence-electron chi connectivity index (χ4n) is 3.78. The molecular formula is C26H29FN4O5. The average molecular weight is 497 g/mol. The Kier molecular flexibility index (Phi) is 9.53. The molecule has 2 aromatic rings. The highest BCUT2D eigenvalue weighted by molar-refractivity contribution is 6.08. The number of hydroxylamine groups is 1. The monoisotopic (exact) mass is 496 g/mol. The van der Waals surface area contributed by atoms with Gasteiger partial charge in [0.2, 0.25) is 0 Å². The summed E-state index contributed by atoms with van der Waals surface area (Å²) in [5.41, 5.74) is 3.35. The minimum absolute atomic E-state index is 0.219. The van der Waals surface area contributed by atoms with Crippen LogP contribution < -0.4 is 10.8 Å². The van der Waals surface area contributed by atoms with Crippen LogP contribution in [0.4, 0.5) is 4.39 Å². The van der Waals surface area contributed by atoms with Gasteiger partial charge >= 0.3 is 0 Å². The van der Waals surface area contributed by atoms with Gasteiger partial charge < -0.3 is 15.0 Å². The fraction of sp³-hybridized carbons (Fsp3) is 0.346. The SMILES string of the molecule is CNC(=O)C(C(=O)NO)N(C)C(=O)c1ccc(C#Cc2ccc(CN3CCCOCC3)c(F)c2)cc1. The molecule has 3 N–H and O–H groups in total. The lowest BCUT2D eigenvalue weighted by molar-refractivity contribution is -0.140. The molecule has 9 nitrogen and oxygen atoms in total. The first kappa shape index (κ1) is 26.8. The van der Waals surface area contributed by atoms with Crippen molar-refractivity contribution in [3.8, 4) is 11.8 Å². The predicted molar refractivity (Wildman–Crippen MR) is 129 cm³/mol. The summed E-state index contributed by atoms with van der Waals surface area (Å²) in [6, 6.07) is 9.63. The van der Waals surface area contributed by atoms with E-state index in [-0.39, 0.29) is 11.4 Å². The number of benzene rings is 2. The molecule has 10 heteroatoms. The summed E-state index contributed by atoms with van der Waals surface area (Å²) < 4.78 is 20.1. The number of nitrogens with one attached hydrogen (secondary N) is 2. The van der Waals surface area contributed by atoms with E-state index < -0.39 is 23.8 Å². The number of hydrogen-bond donors (Lipinski definition) is 3. The summed E-state index contributed by atoms with van der Waals surface area (Å²) in [7, 11) is 2.60. The second-order valence-electron chi connectivity index (χ2n) is 8.28. The Bertz CT molecular complexity index is 1140. The highest BCUT2D eigenvalue weighted by atomic mass is 19.1. The molecule has 1 heterocycles. The molecule has 0 saturated carbocycles. The summed E-state index contributed by atoms with van der Waals surface area (Å²) in [4.78, 5) is 39.7. The van der Waals surface area contributed by atoms with Gasteiger partial charge in [-0.3, -0.25) is 24.5 Å². The van der Waals surface area contributed by atoms with E-state index in [0.29, 0.717) is 29.8 Å². The number of carbonyl (C=O) groups excluding carboxylic acids is 3. The van der Waals surface area contributed by atoms with Crippen molar-refractivity contribution in [3.05, 3.63) is 70.5 Å². The first-order valence-corrected chi connectivity index (χ1v) is 11.5. The lowest BCUT2D eigenvalue weighted by atomic mass is 10.1. The van der Waals surface area contributed by atoms with Crippen molar-refractivity contribution in [2.75, 3.05) is 40.4 Å². The summed E-state index contributed by atoms with van der Waals surface area (Å²) >= 11 is 0. The Labute approximate surface area is 209 Å². The molecule has 3 amide bonds. The van der Waals surface area contributed by atoms with Gasteiger partial charge in [-0.05, 0) is 42.8 Å². The number of ether oxygens (including phenoxy) is 1. The van der Waals surface area contributed by atoms with Crippen LogP contribution in [-0.4, -0.2) is 79.2 Å². The topological polar surface area (TPSA) is 111 Å². The molecule has 1 unspecified atom stereocenters. The molecule has 0 radical (unpaired) electrons. The van der Waals surface area contributed by atoms with E-state index in [0.717, 1.165) is 31.0 Å². The maximum atomic E-state index is 14.6. The van der Waals surface area contributed by atoms with Crippen LogP contribution in [0.15, 0.2) is 42.5 Å².